The van der Waals surface area contributed by atoms with Crippen molar-refractivity contribution >= 4 is 0 Å². The Balaban J connectivity index is 1.26. The van der Waals surface area contributed by atoms with Crippen LogP contribution in [0.3, 0.4) is 0 Å². The summed E-state index contributed by atoms with van der Waals surface area (Å²) in [7, 11) is 0. The molecule has 4 nitrogen and oxygen atoms in total. The highest BCUT2D eigenvalue weighted by atomic mass is 16.7. The van der Waals surface area contributed by atoms with Crippen molar-refractivity contribution in [3.05, 3.63) is 11.6 Å². The van der Waals surface area contributed by atoms with Crippen LogP contribution in [0, 0.1) is 46.3 Å². The minimum Gasteiger partial charge on any atom is -0.396 e. The molecule has 6 rings (SSSR count). The Morgan fingerprint density at radius 3 is 2.68 bits per heavy atom. The van der Waals surface area contributed by atoms with E-state index in [9.17, 15) is 10.2 Å². The maximum atomic E-state index is 10.3. The van der Waals surface area contributed by atoms with Gasteiger partial charge in [0.2, 0.25) is 0 Å². The quantitative estimate of drug-likeness (QED) is 0.593. The summed E-state index contributed by atoms with van der Waals surface area (Å²) in [6, 6.07) is 0. The van der Waals surface area contributed by atoms with Gasteiger partial charge in [-0.3, -0.25) is 0 Å². The average Bonchev–Trinajstić information content (AvgIpc) is 3.20. The first-order chi connectivity index (χ1) is 14.8. The molecule has 4 heteroatoms. The molecule has 2 N–H and O–H groups in total. The third-order valence-corrected chi connectivity index (χ3v) is 11.5. The largest absolute Gasteiger partial charge is 0.396 e. The van der Waals surface area contributed by atoms with Crippen molar-refractivity contribution in [3.63, 3.8) is 0 Å². The molecule has 2 aliphatic heterocycles. The number of ether oxygens (including phenoxy) is 2. The van der Waals surface area contributed by atoms with E-state index in [2.05, 4.69) is 26.8 Å². The van der Waals surface area contributed by atoms with Crippen LogP contribution in [0.2, 0.25) is 0 Å². The van der Waals surface area contributed by atoms with Gasteiger partial charge in [-0.2, -0.15) is 0 Å². The molecule has 0 unspecified atom stereocenters. The normalized spacial score (nSPS) is 58.3. The fourth-order valence-corrected chi connectivity index (χ4v) is 9.74. The number of hydrogen-bond acceptors (Lipinski definition) is 4. The van der Waals surface area contributed by atoms with E-state index in [1.807, 2.05) is 0 Å². The number of allylic oxidation sites excluding steroid dienone is 1. The summed E-state index contributed by atoms with van der Waals surface area (Å²) in [5.41, 5.74) is 2.22. The molecule has 0 amide bonds. The summed E-state index contributed by atoms with van der Waals surface area (Å²) in [4.78, 5) is 0. The van der Waals surface area contributed by atoms with Crippen LogP contribution in [0.5, 0.6) is 0 Å². The van der Waals surface area contributed by atoms with Gasteiger partial charge in [-0.15, -0.1) is 0 Å². The third kappa shape index (κ3) is 2.80. The molecule has 0 aromatic rings. The number of aliphatic hydroxyl groups excluding tert-OH is 2. The summed E-state index contributed by atoms with van der Waals surface area (Å²) in [6.45, 7) is 8.37. The number of hydrogen-bond donors (Lipinski definition) is 2. The molecule has 2 saturated heterocycles. The zero-order chi connectivity index (χ0) is 21.6. The molecule has 3 saturated carbocycles. The summed E-state index contributed by atoms with van der Waals surface area (Å²) in [6.07, 6.45) is 12.8. The molecular formula is C27H42O4. The lowest BCUT2D eigenvalue weighted by atomic mass is 9.47. The SMILES string of the molecule is C[C@H]1[C@H]2[C@H](C[C@H]3[C@@H]4CC=C5C[C@@H](O)CC[C@]5(C)[C@@H]4CC[C@]23C)O[C@]12CC[C@@H](CO)CO2. The lowest BCUT2D eigenvalue weighted by Gasteiger charge is -2.58. The fraction of sp³-hybridized carbons (Fsp3) is 0.926. The van der Waals surface area contributed by atoms with Gasteiger partial charge >= 0.3 is 0 Å². The van der Waals surface area contributed by atoms with Crippen molar-refractivity contribution in [1.82, 2.24) is 0 Å². The summed E-state index contributed by atoms with van der Waals surface area (Å²) in [5.74, 6) is 3.18. The molecule has 1 spiro atoms. The van der Waals surface area contributed by atoms with Gasteiger partial charge in [0, 0.05) is 24.9 Å². The van der Waals surface area contributed by atoms with Crippen LogP contribution >= 0.6 is 0 Å². The highest BCUT2D eigenvalue weighted by Crippen LogP contribution is 2.70. The third-order valence-electron chi connectivity index (χ3n) is 11.5. The Morgan fingerprint density at radius 1 is 1.10 bits per heavy atom. The van der Waals surface area contributed by atoms with E-state index in [0.717, 1.165) is 49.9 Å². The smallest absolute Gasteiger partial charge is 0.171 e. The zero-order valence-electron chi connectivity index (χ0n) is 19.7. The second-order valence-electron chi connectivity index (χ2n) is 12.6. The second-order valence-corrected chi connectivity index (χ2v) is 12.6. The van der Waals surface area contributed by atoms with Crippen LogP contribution in [0.1, 0.15) is 78.6 Å². The maximum Gasteiger partial charge on any atom is 0.171 e. The van der Waals surface area contributed by atoms with Gasteiger partial charge in [-0.1, -0.05) is 32.4 Å². The number of rotatable bonds is 1. The van der Waals surface area contributed by atoms with Gasteiger partial charge in [-0.05, 0) is 85.9 Å². The van der Waals surface area contributed by atoms with Crippen molar-refractivity contribution in [2.45, 2.75) is 96.6 Å². The topological polar surface area (TPSA) is 58.9 Å². The summed E-state index contributed by atoms with van der Waals surface area (Å²) < 4.78 is 13.2. The highest BCUT2D eigenvalue weighted by Gasteiger charge is 2.68. The lowest BCUT2D eigenvalue weighted by molar-refractivity contribution is -0.275. The Labute approximate surface area is 187 Å². The second kappa shape index (κ2) is 7.04. The van der Waals surface area contributed by atoms with Crippen molar-refractivity contribution in [3.8, 4) is 0 Å². The van der Waals surface area contributed by atoms with E-state index in [1.54, 1.807) is 5.57 Å². The Morgan fingerprint density at radius 2 is 1.94 bits per heavy atom. The van der Waals surface area contributed by atoms with Crippen molar-refractivity contribution in [1.29, 1.82) is 0 Å². The minimum absolute atomic E-state index is 0.123. The minimum atomic E-state index is -0.406. The zero-order valence-corrected chi connectivity index (χ0v) is 19.7. The molecule has 0 radical (unpaired) electrons. The monoisotopic (exact) mass is 430 g/mol. The summed E-state index contributed by atoms with van der Waals surface area (Å²) in [5, 5.41) is 19.8. The van der Waals surface area contributed by atoms with Gasteiger partial charge in [-0.25, -0.2) is 0 Å². The molecule has 11 atom stereocenters. The first kappa shape index (κ1) is 21.1. The molecule has 0 aromatic heterocycles. The van der Waals surface area contributed by atoms with Crippen LogP contribution in [0.25, 0.3) is 0 Å². The van der Waals surface area contributed by atoms with Gasteiger partial charge in [0.05, 0.1) is 18.8 Å². The molecule has 174 valence electrons. The summed E-state index contributed by atoms with van der Waals surface area (Å²) >= 11 is 0. The fourth-order valence-electron chi connectivity index (χ4n) is 9.74. The van der Waals surface area contributed by atoms with Crippen LogP contribution in [-0.4, -0.2) is 41.4 Å². The number of fused-ring (bicyclic) bond motifs is 7. The van der Waals surface area contributed by atoms with Crippen LogP contribution < -0.4 is 0 Å². The molecule has 5 fully saturated rings. The maximum absolute atomic E-state index is 10.3. The van der Waals surface area contributed by atoms with E-state index < -0.39 is 5.79 Å². The van der Waals surface area contributed by atoms with Crippen molar-refractivity contribution in [2.75, 3.05) is 13.2 Å². The molecule has 0 aromatic carbocycles. The van der Waals surface area contributed by atoms with Gasteiger partial charge in [0.15, 0.2) is 5.79 Å². The highest BCUT2D eigenvalue weighted by molar-refractivity contribution is 5.26. The van der Waals surface area contributed by atoms with Crippen LogP contribution in [0.15, 0.2) is 11.6 Å². The first-order valence-corrected chi connectivity index (χ1v) is 13.1. The standard InChI is InChI=1S/C27H42O4/c1-16-24-23(31-27(16)11-6-17(14-28)15-30-27)13-22-20-5-4-18-12-19(29)7-9-25(18,2)21(20)8-10-26(22,24)3/h4,16-17,19-24,28-29H,5-15H2,1-3H3/t16-,17-,19-,20+,21+,22-,23-,24-,25-,26-,27+/m0/s1. The molecule has 6 aliphatic rings. The lowest BCUT2D eigenvalue weighted by Crippen LogP contribution is -2.52. The number of aliphatic hydroxyl groups is 2. The van der Waals surface area contributed by atoms with Crippen molar-refractivity contribution in [2.24, 2.45) is 46.3 Å². The van der Waals surface area contributed by atoms with Crippen LogP contribution in [0.4, 0.5) is 0 Å². The van der Waals surface area contributed by atoms with Gasteiger partial charge in [0.1, 0.15) is 0 Å². The predicted molar refractivity (Wildman–Crippen MR) is 119 cm³/mol. The van der Waals surface area contributed by atoms with Gasteiger partial charge in [0.25, 0.3) is 0 Å². The van der Waals surface area contributed by atoms with Gasteiger partial charge < -0.3 is 19.7 Å². The molecule has 4 aliphatic carbocycles. The Hall–Kier alpha value is -0.420. The predicted octanol–water partition coefficient (Wildman–Crippen LogP) is 4.69. The van der Waals surface area contributed by atoms with Crippen LogP contribution in [-0.2, 0) is 9.47 Å². The van der Waals surface area contributed by atoms with E-state index in [-0.39, 0.29) is 18.6 Å². The van der Waals surface area contributed by atoms with E-state index in [1.165, 1.54) is 25.7 Å². The average molecular weight is 431 g/mol. The molecule has 31 heavy (non-hydrogen) atoms. The molecular weight excluding hydrogens is 388 g/mol. The molecule has 0 bridgehead atoms. The van der Waals surface area contributed by atoms with E-state index in [0.29, 0.717) is 35.4 Å². The molecule has 2 heterocycles. The van der Waals surface area contributed by atoms with E-state index in [4.69, 9.17) is 9.47 Å². The first-order valence-electron chi connectivity index (χ1n) is 13.1. The Bertz CT molecular complexity index is 754. The van der Waals surface area contributed by atoms with Crippen molar-refractivity contribution < 1.29 is 19.7 Å². The Kier molecular flexibility index (Phi) is 4.80. The van der Waals surface area contributed by atoms with E-state index >= 15 is 0 Å².